The quantitative estimate of drug-likeness (QED) is 0.413. The number of imidazole rings is 1. The van der Waals surface area contributed by atoms with E-state index >= 15 is 0 Å². The minimum Gasteiger partial charge on any atom is -0.326 e. The van der Waals surface area contributed by atoms with Crippen molar-refractivity contribution in [2.75, 3.05) is 32.0 Å². The zero-order chi connectivity index (χ0) is 25.8. The number of likely N-dealkylation sites (N-methyl/N-ethyl adjacent to an activating group) is 1. The summed E-state index contributed by atoms with van der Waals surface area (Å²) in [5.74, 6) is 1.19. The number of fused-ring (bicyclic) bond motifs is 2. The van der Waals surface area contributed by atoms with Gasteiger partial charge in [0.15, 0.2) is 5.82 Å². The monoisotopic (exact) mass is 504 g/mol. The molecule has 1 aromatic carbocycles. The summed E-state index contributed by atoms with van der Waals surface area (Å²) in [4.78, 5) is 22.2. The van der Waals surface area contributed by atoms with Crippen molar-refractivity contribution in [3.05, 3.63) is 59.8 Å². The van der Waals surface area contributed by atoms with Crippen molar-refractivity contribution < 1.29 is 8.78 Å². The maximum atomic E-state index is 15.0. The first-order chi connectivity index (χ1) is 17.8. The minimum atomic E-state index is -0.543. The van der Waals surface area contributed by atoms with Crippen LogP contribution in [0.2, 0.25) is 0 Å². The Morgan fingerprint density at radius 3 is 2.49 bits per heavy atom. The molecule has 2 saturated heterocycles. The molecule has 3 aromatic heterocycles. The second-order valence-electron chi connectivity index (χ2n) is 10.5. The first kappa shape index (κ1) is 23.9. The van der Waals surface area contributed by atoms with E-state index in [4.69, 9.17) is 0 Å². The minimum absolute atomic E-state index is 0.0845. The number of hydrogen-bond donors (Lipinski definition) is 1. The van der Waals surface area contributed by atoms with E-state index in [0.29, 0.717) is 34.7 Å². The molecule has 8 nitrogen and oxygen atoms in total. The van der Waals surface area contributed by atoms with E-state index in [1.165, 1.54) is 12.6 Å². The summed E-state index contributed by atoms with van der Waals surface area (Å²) in [5, 5.41) is 3.05. The number of likely N-dealkylation sites (tertiary alicyclic amines) is 2. The Morgan fingerprint density at radius 1 is 1.00 bits per heavy atom. The van der Waals surface area contributed by atoms with E-state index in [-0.39, 0.29) is 17.1 Å². The average molecular weight is 505 g/mol. The molecule has 5 heterocycles. The SMILES string of the molecule is Cc1nc2c(F)cc(-c3cc(Nc4ncc(CN5CC6CN(C)C6C5)cn4)ncc3F)cc2n1C(C)C. The van der Waals surface area contributed by atoms with Gasteiger partial charge in [-0.15, -0.1) is 0 Å². The largest absolute Gasteiger partial charge is 0.326 e. The molecule has 0 amide bonds. The number of aryl methyl sites for hydroxylation is 1. The predicted molar refractivity (Wildman–Crippen MR) is 139 cm³/mol. The molecular weight excluding hydrogens is 474 g/mol. The third-order valence-corrected chi connectivity index (χ3v) is 7.53. The Labute approximate surface area is 214 Å². The Kier molecular flexibility index (Phi) is 5.88. The lowest BCUT2D eigenvalue weighted by Crippen LogP contribution is -2.52. The number of nitrogens with one attached hydrogen (secondary N) is 1. The Morgan fingerprint density at radius 2 is 1.78 bits per heavy atom. The molecule has 10 heteroatoms. The number of rotatable bonds is 6. The first-order valence-corrected chi connectivity index (χ1v) is 12.6. The van der Waals surface area contributed by atoms with Crippen molar-refractivity contribution in [3.63, 3.8) is 0 Å². The van der Waals surface area contributed by atoms with E-state index in [9.17, 15) is 8.78 Å². The summed E-state index contributed by atoms with van der Waals surface area (Å²) in [5.41, 5.74) is 2.60. The van der Waals surface area contributed by atoms with Gasteiger partial charge in [0.05, 0.1) is 11.7 Å². The van der Waals surface area contributed by atoms with Gasteiger partial charge in [-0.3, -0.25) is 4.90 Å². The highest BCUT2D eigenvalue weighted by Gasteiger charge is 2.43. The number of nitrogens with zero attached hydrogens (tertiary/aromatic N) is 7. The van der Waals surface area contributed by atoms with E-state index in [1.807, 2.05) is 37.7 Å². The predicted octanol–water partition coefficient (Wildman–Crippen LogP) is 4.55. The van der Waals surface area contributed by atoms with Gasteiger partial charge in [0.1, 0.15) is 23.0 Å². The van der Waals surface area contributed by atoms with Gasteiger partial charge in [0.25, 0.3) is 0 Å². The zero-order valence-corrected chi connectivity index (χ0v) is 21.4. The number of halogens is 2. The van der Waals surface area contributed by atoms with Gasteiger partial charge >= 0.3 is 0 Å². The smallest absolute Gasteiger partial charge is 0.228 e. The van der Waals surface area contributed by atoms with Crippen LogP contribution in [-0.4, -0.2) is 67.0 Å². The molecule has 0 bridgehead atoms. The van der Waals surface area contributed by atoms with Crippen LogP contribution >= 0.6 is 0 Å². The van der Waals surface area contributed by atoms with Crippen molar-refractivity contribution >= 4 is 22.8 Å². The molecule has 0 spiro atoms. The molecule has 2 fully saturated rings. The van der Waals surface area contributed by atoms with Gasteiger partial charge in [-0.05, 0) is 51.6 Å². The number of hydrogen-bond acceptors (Lipinski definition) is 7. The highest BCUT2D eigenvalue weighted by atomic mass is 19.1. The third-order valence-electron chi connectivity index (χ3n) is 7.53. The summed E-state index contributed by atoms with van der Waals surface area (Å²) in [6.45, 7) is 10.0. The van der Waals surface area contributed by atoms with Crippen LogP contribution in [0.4, 0.5) is 20.5 Å². The van der Waals surface area contributed by atoms with Crippen LogP contribution in [0.1, 0.15) is 31.3 Å². The van der Waals surface area contributed by atoms with Gasteiger partial charge in [0, 0.05) is 67.7 Å². The third kappa shape index (κ3) is 4.34. The summed E-state index contributed by atoms with van der Waals surface area (Å²) in [6.07, 6.45) is 4.74. The number of benzene rings is 1. The molecule has 6 rings (SSSR count). The van der Waals surface area contributed by atoms with Crippen LogP contribution < -0.4 is 5.32 Å². The fourth-order valence-corrected chi connectivity index (χ4v) is 5.79. The lowest BCUT2D eigenvalue weighted by molar-refractivity contribution is 0.0825. The molecule has 1 N–H and O–H groups in total. The van der Waals surface area contributed by atoms with Crippen LogP contribution in [0, 0.1) is 24.5 Å². The van der Waals surface area contributed by atoms with Crippen LogP contribution in [0.15, 0.2) is 36.8 Å². The maximum absolute atomic E-state index is 15.0. The maximum Gasteiger partial charge on any atom is 0.228 e. The fourth-order valence-electron chi connectivity index (χ4n) is 5.79. The van der Waals surface area contributed by atoms with Gasteiger partial charge in [0.2, 0.25) is 5.95 Å². The topological polar surface area (TPSA) is 75.0 Å². The molecule has 37 heavy (non-hydrogen) atoms. The second kappa shape index (κ2) is 9.11. The molecule has 2 atom stereocenters. The average Bonchev–Trinajstić information content (AvgIpc) is 3.37. The summed E-state index contributed by atoms with van der Waals surface area (Å²) in [7, 11) is 2.18. The Bertz CT molecular complexity index is 1470. The standard InChI is InChI=1S/C27H30F2N8/c1-15(2)37-16(3)33-26-21(28)5-18(6-23(26)37)20-7-25(30-10-22(20)29)34-27-31-8-17(9-32-27)11-36-13-19-12-35(4)24(19)14-36/h5-10,15,19,24H,11-14H2,1-4H3,(H,30,31,32,34). The normalized spacial score (nSPS) is 20.0. The van der Waals surface area contributed by atoms with E-state index < -0.39 is 11.6 Å². The van der Waals surface area contributed by atoms with Crippen molar-refractivity contribution in [3.8, 4) is 11.1 Å². The molecule has 0 radical (unpaired) electrons. The highest BCUT2D eigenvalue weighted by Crippen LogP contribution is 2.33. The first-order valence-electron chi connectivity index (χ1n) is 12.6. The lowest BCUT2D eigenvalue weighted by Gasteiger charge is -2.40. The van der Waals surface area contributed by atoms with Crippen LogP contribution in [0.3, 0.4) is 0 Å². The number of anilines is 2. The molecular formula is C27H30F2N8. The zero-order valence-electron chi connectivity index (χ0n) is 21.4. The molecule has 0 saturated carbocycles. The van der Waals surface area contributed by atoms with Crippen LogP contribution in [0.25, 0.3) is 22.2 Å². The van der Waals surface area contributed by atoms with Gasteiger partial charge in [-0.2, -0.15) is 0 Å². The van der Waals surface area contributed by atoms with E-state index in [2.05, 4.69) is 42.1 Å². The molecule has 4 aromatic rings. The van der Waals surface area contributed by atoms with Crippen LogP contribution in [0.5, 0.6) is 0 Å². The highest BCUT2D eigenvalue weighted by molar-refractivity contribution is 5.84. The van der Waals surface area contributed by atoms with Gasteiger partial charge in [-0.1, -0.05) is 0 Å². The molecule has 2 aliphatic rings. The van der Waals surface area contributed by atoms with Crippen molar-refractivity contribution in [1.29, 1.82) is 0 Å². The molecule has 2 unspecified atom stereocenters. The van der Waals surface area contributed by atoms with Gasteiger partial charge < -0.3 is 14.8 Å². The van der Waals surface area contributed by atoms with Crippen molar-refractivity contribution in [2.45, 2.75) is 39.4 Å². The number of pyridine rings is 1. The van der Waals surface area contributed by atoms with Gasteiger partial charge in [-0.25, -0.2) is 28.7 Å². The van der Waals surface area contributed by atoms with E-state index in [1.54, 1.807) is 12.1 Å². The molecule has 192 valence electrons. The lowest BCUT2D eigenvalue weighted by atomic mass is 9.93. The number of aromatic nitrogens is 5. The van der Waals surface area contributed by atoms with Crippen LogP contribution in [-0.2, 0) is 6.54 Å². The Hall–Kier alpha value is -3.50. The Balaban J connectivity index is 1.22. The summed E-state index contributed by atoms with van der Waals surface area (Å²) >= 11 is 0. The second-order valence-corrected chi connectivity index (χ2v) is 10.5. The fraction of sp³-hybridized carbons (Fsp3) is 0.407. The van der Waals surface area contributed by atoms with E-state index in [0.717, 1.165) is 37.3 Å². The van der Waals surface area contributed by atoms with Crippen molar-refractivity contribution in [2.24, 2.45) is 5.92 Å². The molecule has 2 aliphatic heterocycles. The van der Waals surface area contributed by atoms with Crippen molar-refractivity contribution in [1.82, 2.24) is 34.3 Å². The summed E-state index contributed by atoms with van der Waals surface area (Å²) in [6, 6.07) is 5.39. The molecule has 0 aliphatic carbocycles. The summed E-state index contributed by atoms with van der Waals surface area (Å²) < 4.78 is 31.8.